The molecule has 0 aliphatic carbocycles. The number of carbonyl (C=O) groups excluding carboxylic acids is 3. The fourth-order valence-corrected chi connectivity index (χ4v) is 4.54. The summed E-state index contributed by atoms with van der Waals surface area (Å²) in [5, 5.41) is 17.7. The molecule has 13 heteroatoms. The molecule has 2 rings (SSSR count). The van der Waals surface area contributed by atoms with Gasteiger partial charge in [-0.1, -0.05) is 0 Å². The van der Waals surface area contributed by atoms with Crippen LogP contribution < -0.4 is 5.32 Å². The number of aliphatic carboxylic acids is 1. The van der Waals surface area contributed by atoms with E-state index in [4.69, 9.17) is 10.00 Å². The van der Waals surface area contributed by atoms with Crippen molar-refractivity contribution in [2.45, 2.75) is 23.6 Å². The number of carboxylic acids is 1. The summed E-state index contributed by atoms with van der Waals surface area (Å²) in [6.07, 6.45) is 0.720. The Hall–Kier alpha value is -2.59. The predicted molar refractivity (Wildman–Crippen MR) is 90.6 cm³/mol. The number of hydrogen-bond acceptors (Lipinski definition) is 9. The van der Waals surface area contributed by atoms with Gasteiger partial charge >= 0.3 is 11.9 Å². The zero-order chi connectivity index (χ0) is 20.5. The molecular weight excluding hydrogens is 402 g/mol. The quantitative estimate of drug-likeness (QED) is 0.372. The molecule has 3 atom stereocenters. The summed E-state index contributed by atoms with van der Waals surface area (Å²) in [5.41, 5.74) is -0.112. The second kappa shape index (κ2) is 7.57. The number of esters is 1. The summed E-state index contributed by atoms with van der Waals surface area (Å²) in [7, 11) is -4.00. The van der Waals surface area contributed by atoms with Crippen LogP contribution in [0.4, 0.5) is 0 Å². The standard InChI is InChI=1S/C14H15N3O8S2/c1-6(18)25-4-7-5-26-13-9(12(20)17(13)10(7)14(21)22)16-11(19)8(3-15)27(2,23)24/h8-9,13H,4-5H2,1-2H3,(H,16,19)(H,21,22)/t8?,9-,13-/m1/s1. The zero-order valence-corrected chi connectivity index (χ0v) is 15.8. The number of hydrogen-bond donors (Lipinski definition) is 2. The van der Waals surface area contributed by atoms with Crippen molar-refractivity contribution in [2.24, 2.45) is 0 Å². The molecule has 0 aromatic rings. The lowest BCUT2D eigenvalue weighted by molar-refractivity contribution is -0.150. The van der Waals surface area contributed by atoms with E-state index in [9.17, 15) is 32.7 Å². The number of fused-ring (bicyclic) bond motifs is 1. The lowest BCUT2D eigenvalue weighted by Gasteiger charge is -2.49. The van der Waals surface area contributed by atoms with E-state index in [0.717, 1.165) is 29.8 Å². The lowest BCUT2D eigenvalue weighted by atomic mass is 10.0. The molecule has 2 aliphatic heterocycles. The van der Waals surface area contributed by atoms with Gasteiger partial charge in [0.1, 0.15) is 23.7 Å². The zero-order valence-electron chi connectivity index (χ0n) is 14.2. The van der Waals surface area contributed by atoms with Crippen molar-refractivity contribution in [3.8, 4) is 6.07 Å². The van der Waals surface area contributed by atoms with Gasteiger partial charge in [-0.3, -0.25) is 19.3 Å². The van der Waals surface area contributed by atoms with Crippen molar-refractivity contribution in [3.63, 3.8) is 0 Å². The van der Waals surface area contributed by atoms with E-state index in [1.54, 1.807) is 0 Å². The average molecular weight is 417 g/mol. The number of carboxylic acid groups (broad SMARTS) is 1. The highest BCUT2D eigenvalue weighted by Crippen LogP contribution is 2.40. The molecule has 2 heterocycles. The third kappa shape index (κ3) is 4.06. The van der Waals surface area contributed by atoms with Gasteiger partial charge in [0, 0.05) is 24.5 Å². The molecule has 1 saturated heterocycles. The lowest BCUT2D eigenvalue weighted by Crippen LogP contribution is -2.71. The highest BCUT2D eigenvalue weighted by Gasteiger charge is 2.54. The van der Waals surface area contributed by atoms with Crippen LogP contribution in [0.25, 0.3) is 0 Å². The minimum atomic E-state index is -4.00. The Morgan fingerprint density at radius 2 is 2.11 bits per heavy atom. The van der Waals surface area contributed by atoms with Gasteiger partial charge in [-0.05, 0) is 0 Å². The third-order valence-electron chi connectivity index (χ3n) is 3.78. The summed E-state index contributed by atoms with van der Waals surface area (Å²) in [6, 6.07) is 0.198. The van der Waals surface area contributed by atoms with Gasteiger partial charge in [0.15, 0.2) is 9.84 Å². The maximum atomic E-state index is 12.4. The summed E-state index contributed by atoms with van der Waals surface area (Å²) < 4.78 is 27.7. The third-order valence-corrected chi connectivity index (χ3v) is 6.30. The molecule has 2 amide bonds. The number of β-lactam (4-membered cyclic amide) rings is 1. The van der Waals surface area contributed by atoms with Crippen LogP contribution in [0.5, 0.6) is 0 Å². The van der Waals surface area contributed by atoms with Crippen LogP contribution in [0.15, 0.2) is 11.3 Å². The molecule has 0 saturated carbocycles. The van der Waals surface area contributed by atoms with Crippen molar-refractivity contribution >= 4 is 45.4 Å². The Morgan fingerprint density at radius 3 is 2.59 bits per heavy atom. The van der Waals surface area contributed by atoms with Gasteiger partial charge in [-0.2, -0.15) is 5.26 Å². The molecule has 0 aromatic heterocycles. The van der Waals surface area contributed by atoms with Gasteiger partial charge in [0.25, 0.3) is 11.8 Å². The first-order valence-corrected chi connectivity index (χ1v) is 10.4. The summed E-state index contributed by atoms with van der Waals surface area (Å²) in [5.74, 6) is -3.79. The molecule has 146 valence electrons. The Morgan fingerprint density at radius 1 is 1.48 bits per heavy atom. The van der Waals surface area contributed by atoms with Crippen LogP contribution in [-0.4, -0.2) is 77.5 Å². The SMILES string of the molecule is CC(=O)OCC1=C(C(=O)O)N2C(=O)[C@@H](NC(=O)C(C#N)S(C)(=O)=O)[C@H]2SC1. The van der Waals surface area contributed by atoms with E-state index in [0.29, 0.717) is 0 Å². The molecule has 0 aromatic carbocycles. The molecule has 1 unspecified atom stereocenters. The molecule has 27 heavy (non-hydrogen) atoms. The maximum Gasteiger partial charge on any atom is 0.352 e. The van der Waals surface area contributed by atoms with Crippen LogP contribution in [0.2, 0.25) is 0 Å². The molecule has 1 fully saturated rings. The summed E-state index contributed by atoms with van der Waals surface area (Å²) >= 11 is 1.12. The van der Waals surface area contributed by atoms with Gasteiger partial charge in [0.05, 0.1) is 6.07 Å². The number of nitrogens with zero attached hydrogens (tertiary/aromatic N) is 2. The Balaban J connectivity index is 2.20. The number of thioether (sulfide) groups is 1. The normalized spacial score (nSPS) is 22.9. The average Bonchev–Trinajstić information content (AvgIpc) is 2.55. The van der Waals surface area contributed by atoms with Crippen LogP contribution in [0, 0.1) is 11.3 Å². The van der Waals surface area contributed by atoms with Crippen LogP contribution in [0.3, 0.4) is 0 Å². The number of rotatable bonds is 6. The van der Waals surface area contributed by atoms with Crippen molar-refractivity contribution in [1.29, 1.82) is 5.26 Å². The first kappa shape index (κ1) is 20.7. The molecule has 0 bridgehead atoms. The second-order valence-corrected chi connectivity index (χ2v) is 9.01. The molecule has 11 nitrogen and oxygen atoms in total. The molecule has 2 N–H and O–H groups in total. The van der Waals surface area contributed by atoms with Gasteiger partial charge in [-0.15, -0.1) is 11.8 Å². The fourth-order valence-electron chi connectivity index (χ4n) is 2.56. The molecule has 0 radical (unpaired) electrons. The van der Waals surface area contributed by atoms with Gasteiger partial charge < -0.3 is 15.2 Å². The highest BCUT2D eigenvalue weighted by molar-refractivity contribution is 8.00. The van der Waals surface area contributed by atoms with Crippen LogP contribution >= 0.6 is 11.8 Å². The van der Waals surface area contributed by atoms with E-state index in [1.165, 1.54) is 6.07 Å². The van der Waals surface area contributed by atoms with E-state index >= 15 is 0 Å². The Kier molecular flexibility index (Phi) is 5.81. The van der Waals surface area contributed by atoms with Gasteiger partial charge in [-0.25, -0.2) is 13.2 Å². The summed E-state index contributed by atoms with van der Waals surface area (Å²) in [4.78, 5) is 47.8. The largest absolute Gasteiger partial charge is 0.477 e. The van der Waals surface area contributed by atoms with Crippen LogP contribution in [0.1, 0.15) is 6.92 Å². The Labute approximate surface area is 158 Å². The van der Waals surface area contributed by atoms with E-state index in [-0.39, 0.29) is 23.6 Å². The monoisotopic (exact) mass is 417 g/mol. The van der Waals surface area contributed by atoms with E-state index in [2.05, 4.69) is 5.32 Å². The number of amides is 2. The second-order valence-electron chi connectivity index (χ2n) is 5.77. The summed E-state index contributed by atoms with van der Waals surface area (Å²) in [6.45, 7) is 0.871. The maximum absolute atomic E-state index is 12.4. The molecule has 2 aliphatic rings. The Bertz CT molecular complexity index is 889. The number of sulfone groups is 1. The number of ether oxygens (including phenoxy) is 1. The fraction of sp³-hybridized carbons (Fsp3) is 0.500. The van der Waals surface area contributed by atoms with Crippen molar-refractivity contribution < 1.29 is 37.4 Å². The van der Waals surface area contributed by atoms with Gasteiger partial charge in [0.2, 0.25) is 5.25 Å². The molecular formula is C14H15N3O8S2. The first-order valence-electron chi connectivity index (χ1n) is 7.41. The highest BCUT2D eigenvalue weighted by atomic mass is 32.2. The van der Waals surface area contributed by atoms with E-state index < -0.39 is 50.3 Å². The smallest absolute Gasteiger partial charge is 0.352 e. The van der Waals surface area contributed by atoms with Crippen molar-refractivity contribution in [2.75, 3.05) is 18.6 Å². The van der Waals surface area contributed by atoms with E-state index in [1.807, 2.05) is 0 Å². The van der Waals surface area contributed by atoms with Crippen molar-refractivity contribution in [3.05, 3.63) is 11.3 Å². The minimum absolute atomic E-state index is 0.128. The van der Waals surface area contributed by atoms with Crippen LogP contribution in [-0.2, 0) is 33.8 Å². The topological polar surface area (TPSA) is 171 Å². The first-order chi connectivity index (χ1) is 12.5. The number of nitriles is 1. The number of nitrogens with one attached hydrogen (secondary N) is 1. The minimum Gasteiger partial charge on any atom is -0.477 e. The van der Waals surface area contributed by atoms with Crippen molar-refractivity contribution in [1.82, 2.24) is 10.2 Å². The predicted octanol–water partition coefficient (Wildman–Crippen LogP) is -1.78. The number of carbonyl (C=O) groups is 4. The molecule has 0 spiro atoms.